The number of fused-ring (bicyclic) bond motifs is 1. The summed E-state index contributed by atoms with van der Waals surface area (Å²) in [6, 6.07) is 4.15. The number of amides is 1. The summed E-state index contributed by atoms with van der Waals surface area (Å²) in [5.74, 6) is 0.293. The van der Waals surface area contributed by atoms with E-state index in [1.54, 1.807) is 13.3 Å². The molecule has 9 heteroatoms. The van der Waals surface area contributed by atoms with Gasteiger partial charge in [-0.1, -0.05) is 0 Å². The number of aliphatic hydroxyl groups excluding tert-OH is 1. The number of hydrogen-bond donors (Lipinski definition) is 3. The lowest BCUT2D eigenvalue weighted by atomic mass is 9.81. The van der Waals surface area contributed by atoms with Crippen molar-refractivity contribution in [3.63, 3.8) is 0 Å². The number of aromatic amines is 1. The number of aliphatic hydroxyl groups is 1. The molecule has 4 heterocycles. The van der Waals surface area contributed by atoms with Crippen LogP contribution in [0, 0.1) is 17.2 Å². The second kappa shape index (κ2) is 7.56. The monoisotopic (exact) mass is 424 g/mol. The molecule has 0 unspecified atom stereocenters. The smallest absolute Gasteiger partial charge is 0.224 e. The average molecular weight is 424 g/mol. The molecular weight excluding hydrogens is 399 g/mol. The Hall–Kier alpha value is -3.07. The van der Waals surface area contributed by atoms with Gasteiger partial charge in [0.1, 0.15) is 29.7 Å². The summed E-state index contributed by atoms with van der Waals surface area (Å²) in [6.45, 7) is 3.25. The molecule has 3 aromatic heterocycles. The molecule has 0 aromatic carbocycles. The third kappa shape index (κ3) is 3.63. The number of pyridine rings is 1. The van der Waals surface area contributed by atoms with Crippen molar-refractivity contribution in [2.75, 3.05) is 18.0 Å². The fourth-order valence-electron chi connectivity index (χ4n) is 4.75. The molecule has 8 nitrogen and oxygen atoms in total. The summed E-state index contributed by atoms with van der Waals surface area (Å²) in [7, 11) is 0. The summed E-state index contributed by atoms with van der Waals surface area (Å²) >= 11 is 0. The topological polar surface area (TPSA) is 107 Å². The lowest BCUT2D eigenvalue weighted by Crippen LogP contribution is -2.50. The molecule has 1 aliphatic carbocycles. The van der Waals surface area contributed by atoms with E-state index < -0.39 is 18.0 Å². The van der Waals surface area contributed by atoms with E-state index in [9.17, 15) is 14.3 Å². The van der Waals surface area contributed by atoms with E-state index in [4.69, 9.17) is 0 Å². The minimum atomic E-state index is -0.998. The molecule has 1 spiro atoms. The summed E-state index contributed by atoms with van der Waals surface area (Å²) in [4.78, 5) is 31.2. The van der Waals surface area contributed by atoms with Crippen molar-refractivity contribution < 1.29 is 14.3 Å². The first-order valence-corrected chi connectivity index (χ1v) is 10.6. The first kappa shape index (κ1) is 19.9. The number of carbonyl (C=O) groups excluding carboxylic acids is 1. The summed E-state index contributed by atoms with van der Waals surface area (Å²) in [6.07, 6.45) is 6.22. The summed E-state index contributed by atoms with van der Waals surface area (Å²) in [5, 5.41) is 14.5. The fourth-order valence-corrected chi connectivity index (χ4v) is 4.75. The number of aromatic nitrogens is 4. The van der Waals surface area contributed by atoms with E-state index >= 15 is 0 Å². The Labute approximate surface area is 178 Å². The van der Waals surface area contributed by atoms with Gasteiger partial charge in [-0.3, -0.25) is 9.78 Å². The van der Waals surface area contributed by atoms with Crippen LogP contribution in [0.15, 0.2) is 36.9 Å². The first-order chi connectivity index (χ1) is 15.0. The van der Waals surface area contributed by atoms with Crippen molar-refractivity contribution in [2.24, 2.45) is 11.3 Å². The Bertz CT molecular complexity index is 1100. The van der Waals surface area contributed by atoms with Crippen LogP contribution in [-0.4, -0.2) is 50.1 Å². The van der Waals surface area contributed by atoms with Crippen LogP contribution in [-0.2, 0) is 4.79 Å². The van der Waals surface area contributed by atoms with E-state index in [0.717, 1.165) is 55.4 Å². The number of nitrogens with one attached hydrogen (secondary N) is 2. The van der Waals surface area contributed by atoms with Crippen LogP contribution in [0.25, 0.3) is 11.0 Å². The molecule has 3 aromatic rings. The van der Waals surface area contributed by atoms with E-state index in [1.807, 2.05) is 12.3 Å². The van der Waals surface area contributed by atoms with Crippen LogP contribution in [0.4, 0.5) is 10.2 Å². The van der Waals surface area contributed by atoms with Crippen molar-refractivity contribution in [1.82, 2.24) is 25.3 Å². The highest BCUT2D eigenvalue weighted by molar-refractivity contribution is 5.87. The zero-order valence-corrected chi connectivity index (χ0v) is 17.3. The van der Waals surface area contributed by atoms with Gasteiger partial charge >= 0.3 is 0 Å². The van der Waals surface area contributed by atoms with Gasteiger partial charge in [0, 0.05) is 25.2 Å². The molecule has 0 radical (unpaired) electrons. The van der Waals surface area contributed by atoms with Crippen molar-refractivity contribution in [3.05, 3.63) is 48.4 Å². The molecule has 3 atom stereocenters. The van der Waals surface area contributed by atoms with Crippen molar-refractivity contribution >= 4 is 22.8 Å². The van der Waals surface area contributed by atoms with Gasteiger partial charge in [0.05, 0.1) is 23.3 Å². The fraction of sp³-hybridized carbons (Fsp3) is 0.455. The van der Waals surface area contributed by atoms with Crippen LogP contribution >= 0.6 is 0 Å². The Morgan fingerprint density at radius 3 is 2.90 bits per heavy atom. The molecule has 2 fully saturated rings. The van der Waals surface area contributed by atoms with Gasteiger partial charge in [-0.15, -0.1) is 0 Å². The number of piperidine rings is 1. The molecule has 3 N–H and O–H groups in total. The van der Waals surface area contributed by atoms with Gasteiger partial charge in [-0.2, -0.15) is 0 Å². The lowest BCUT2D eigenvalue weighted by Gasteiger charge is -2.39. The van der Waals surface area contributed by atoms with Gasteiger partial charge in [0.15, 0.2) is 0 Å². The van der Waals surface area contributed by atoms with Crippen LogP contribution in [0.5, 0.6) is 0 Å². The Morgan fingerprint density at radius 1 is 1.32 bits per heavy atom. The number of nitrogens with zero attached hydrogens (tertiary/aromatic N) is 4. The average Bonchev–Trinajstić information content (AvgIpc) is 3.34. The largest absolute Gasteiger partial charge is 0.385 e. The molecule has 1 saturated heterocycles. The Kier molecular flexibility index (Phi) is 4.85. The number of anilines is 1. The lowest BCUT2D eigenvalue weighted by molar-refractivity contribution is -0.129. The number of rotatable bonds is 5. The second-order valence-corrected chi connectivity index (χ2v) is 8.71. The zero-order chi connectivity index (χ0) is 21.6. The molecule has 0 bridgehead atoms. The van der Waals surface area contributed by atoms with E-state index in [0.29, 0.717) is 5.69 Å². The molecule has 2 aliphatic rings. The number of halogens is 1. The van der Waals surface area contributed by atoms with Crippen molar-refractivity contribution in [3.8, 4) is 0 Å². The number of hydrogen-bond acceptors (Lipinski definition) is 6. The molecule has 5 rings (SSSR count). The predicted octanol–water partition coefficient (Wildman–Crippen LogP) is 2.34. The molecule has 1 aliphatic heterocycles. The van der Waals surface area contributed by atoms with Crippen LogP contribution < -0.4 is 10.2 Å². The van der Waals surface area contributed by atoms with E-state index in [2.05, 4.69) is 30.2 Å². The maximum Gasteiger partial charge on any atom is 0.224 e. The van der Waals surface area contributed by atoms with E-state index in [-0.39, 0.29) is 17.2 Å². The number of H-pyrrole nitrogens is 1. The third-order valence-electron chi connectivity index (χ3n) is 6.67. The maximum atomic E-state index is 13.1. The minimum Gasteiger partial charge on any atom is -0.385 e. The number of carbonyl (C=O) groups is 1. The minimum absolute atomic E-state index is 0.0414. The summed E-state index contributed by atoms with van der Waals surface area (Å²) < 4.78 is 13.1. The summed E-state index contributed by atoms with van der Waals surface area (Å²) in [5.41, 5.74) is 1.09. The first-order valence-electron chi connectivity index (χ1n) is 10.6. The van der Waals surface area contributed by atoms with Crippen LogP contribution in [0.2, 0.25) is 0 Å². The molecule has 162 valence electrons. The highest BCUT2D eigenvalue weighted by atomic mass is 19.1. The predicted molar refractivity (Wildman–Crippen MR) is 113 cm³/mol. The second-order valence-electron chi connectivity index (χ2n) is 8.71. The normalized spacial score (nSPS) is 21.8. The van der Waals surface area contributed by atoms with Crippen molar-refractivity contribution in [1.29, 1.82) is 0 Å². The van der Waals surface area contributed by atoms with Gasteiger partial charge in [0.2, 0.25) is 5.91 Å². The SMILES string of the molecule is C[C@H](NC(=O)[C@H]1CCN(c2ncnc3[nH]ccc23)CC12CC2)[C@@H](O)c1ccc(F)cn1. The Balaban J connectivity index is 1.27. The van der Waals surface area contributed by atoms with Gasteiger partial charge < -0.3 is 20.3 Å². The van der Waals surface area contributed by atoms with Crippen LogP contribution in [0.3, 0.4) is 0 Å². The zero-order valence-electron chi connectivity index (χ0n) is 17.3. The molecule has 1 saturated carbocycles. The maximum absolute atomic E-state index is 13.1. The standard InChI is InChI=1S/C22H25FN6O2/c1-13(18(30)17-3-2-14(23)10-25-17)28-21(31)16-5-9-29(11-22(16)6-7-22)20-15-4-8-24-19(15)26-12-27-20/h2-4,8,10,12-13,16,18,30H,5-7,9,11H2,1H3,(H,28,31)(H,24,26,27)/t13-,16+,18+/m0/s1. The van der Waals surface area contributed by atoms with Gasteiger partial charge in [-0.25, -0.2) is 14.4 Å². The molecule has 31 heavy (non-hydrogen) atoms. The highest BCUT2D eigenvalue weighted by Crippen LogP contribution is 2.56. The highest BCUT2D eigenvalue weighted by Gasteiger charge is 2.55. The molecule has 1 amide bonds. The van der Waals surface area contributed by atoms with E-state index in [1.165, 1.54) is 12.1 Å². The van der Waals surface area contributed by atoms with Crippen LogP contribution in [0.1, 0.15) is 38.0 Å². The van der Waals surface area contributed by atoms with Gasteiger partial charge in [-0.05, 0) is 49.8 Å². The Morgan fingerprint density at radius 2 is 2.16 bits per heavy atom. The molecular formula is C22H25FN6O2. The van der Waals surface area contributed by atoms with Gasteiger partial charge in [0.25, 0.3) is 0 Å². The quantitative estimate of drug-likeness (QED) is 0.580. The third-order valence-corrected chi connectivity index (χ3v) is 6.67. The van der Waals surface area contributed by atoms with Crippen molar-refractivity contribution in [2.45, 2.75) is 38.3 Å².